The van der Waals surface area contributed by atoms with E-state index in [1.807, 2.05) is 12.1 Å². The molecule has 212 valence electrons. The maximum atomic E-state index is 13.2. The SMILES string of the molecule is CC[C@H]1CN2CC[C@H]1[C@H]1O[C@@H](c3ccnc4ccc(NC(=S)Nc5cc(C(F)(F)F)cc(C(F)(F)F)c5)cc34)[C@@H]12. The minimum Gasteiger partial charge on any atom is -0.366 e. The number of hydrogen-bond acceptors (Lipinski definition) is 4. The van der Waals surface area contributed by atoms with Crippen LogP contribution in [0.2, 0.25) is 0 Å². The Morgan fingerprint density at radius 1 is 1.00 bits per heavy atom. The molecule has 5 nitrogen and oxygen atoms in total. The Morgan fingerprint density at radius 3 is 2.35 bits per heavy atom. The fourth-order valence-electron chi connectivity index (χ4n) is 6.45. The van der Waals surface area contributed by atoms with Gasteiger partial charge < -0.3 is 15.4 Å². The minimum absolute atomic E-state index is 0.0731. The van der Waals surface area contributed by atoms with Crippen molar-refractivity contribution in [2.75, 3.05) is 23.7 Å². The summed E-state index contributed by atoms with van der Waals surface area (Å²) in [5.41, 5.74) is -1.04. The zero-order chi connectivity index (χ0) is 28.4. The Hall–Kier alpha value is -2.96. The number of anilines is 2. The number of alkyl halides is 6. The quantitative estimate of drug-likeness (QED) is 0.251. The molecule has 7 rings (SSSR count). The van der Waals surface area contributed by atoms with Crippen LogP contribution in [0.3, 0.4) is 0 Å². The van der Waals surface area contributed by atoms with Crippen LogP contribution >= 0.6 is 12.2 Å². The summed E-state index contributed by atoms with van der Waals surface area (Å²) in [6.45, 7) is 4.36. The number of ether oxygens (including phenoxy) is 1. The number of benzene rings is 2. The van der Waals surface area contributed by atoms with Gasteiger partial charge in [-0.05, 0) is 85.0 Å². The van der Waals surface area contributed by atoms with Crippen LogP contribution in [-0.2, 0) is 17.1 Å². The molecular weight excluding hydrogens is 554 g/mol. The molecule has 0 spiro atoms. The molecule has 5 heterocycles. The van der Waals surface area contributed by atoms with E-state index < -0.39 is 29.2 Å². The van der Waals surface area contributed by atoms with Gasteiger partial charge in [-0.25, -0.2) is 0 Å². The number of pyridine rings is 1. The average molecular weight is 581 g/mol. The van der Waals surface area contributed by atoms with Crippen LogP contribution in [0, 0.1) is 11.8 Å². The zero-order valence-electron chi connectivity index (χ0n) is 21.3. The molecule has 4 fully saturated rings. The van der Waals surface area contributed by atoms with Crippen LogP contribution in [0.1, 0.15) is 42.6 Å². The molecule has 4 saturated heterocycles. The number of aromatic nitrogens is 1. The molecule has 3 aromatic rings. The number of piperidine rings is 3. The predicted molar refractivity (Wildman–Crippen MR) is 143 cm³/mol. The second-order valence-electron chi connectivity index (χ2n) is 10.6. The first-order valence-corrected chi connectivity index (χ1v) is 13.5. The molecule has 0 saturated carbocycles. The zero-order valence-corrected chi connectivity index (χ0v) is 22.1. The molecule has 12 heteroatoms. The lowest BCUT2D eigenvalue weighted by Crippen LogP contribution is -2.70. The largest absolute Gasteiger partial charge is 0.416 e. The predicted octanol–water partition coefficient (Wildman–Crippen LogP) is 7.25. The van der Waals surface area contributed by atoms with Crippen LogP contribution in [0.5, 0.6) is 0 Å². The summed E-state index contributed by atoms with van der Waals surface area (Å²) >= 11 is 5.24. The van der Waals surface area contributed by atoms with Crippen molar-refractivity contribution < 1.29 is 31.1 Å². The third kappa shape index (κ3) is 4.90. The second-order valence-corrected chi connectivity index (χ2v) is 11.0. The lowest BCUT2D eigenvalue weighted by atomic mass is 9.67. The highest BCUT2D eigenvalue weighted by atomic mass is 32.1. The summed E-state index contributed by atoms with van der Waals surface area (Å²) in [7, 11) is 0. The van der Waals surface area contributed by atoms with Crippen LogP contribution in [0.15, 0.2) is 48.7 Å². The van der Waals surface area contributed by atoms with Crippen LogP contribution in [0.25, 0.3) is 10.9 Å². The molecule has 6 atom stereocenters. The number of nitrogens with zero attached hydrogens (tertiary/aromatic N) is 2. The van der Waals surface area contributed by atoms with Gasteiger partial charge in [0.25, 0.3) is 0 Å². The maximum absolute atomic E-state index is 13.2. The molecule has 4 aliphatic heterocycles. The fraction of sp³-hybridized carbons (Fsp3) is 0.429. The van der Waals surface area contributed by atoms with Gasteiger partial charge in [0.1, 0.15) is 6.10 Å². The van der Waals surface area contributed by atoms with Crippen molar-refractivity contribution in [2.45, 2.75) is 50.4 Å². The third-order valence-electron chi connectivity index (χ3n) is 8.33. The van der Waals surface area contributed by atoms with Gasteiger partial charge in [-0.1, -0.05) is 13.3 Å². The van der Waals surface area contributed by atoms with Crippen molar-refractivity contribution >= 4 is 39.6 Å². The van der Waals surface area contributed by atoms with Crippen molar-refractivity contribution in [3.05, 3.63) is 65.4 Å². The van der Waals surface area contributed by atoms with E-state index >= 15 is 0 Å². The van der Waals surface area contributed by atoms with E-state index in [4.69, 9.17) is 17.0 Å². The highest BCUT2D eigenvalue weighted by Gasteiger charge is 2.57. The molecule has 0 radical (unpaired) electrons. The van der Waals surface area contributed by atoms with E-state index in [9.17, 15) is 26.3 Å². The molecule has 2 bridgehead atoms. The number of rotatable bonds is 4. The van der Waals surface area contributed by atoms with Gasteiger partial charge in [0.2, 0.25) is 0 Å². The standard InChI is InChI=1S/C28H26F6N4OS/c1-2-14-13-38-8-6-19(14)24-23(38)25(39-24)20-5-7-35-22-4-3-17(12-21(20)22)36-26(40)37-18-10-15(27(29,30)31)9-16(11-18)28(32,33)34/h3-5,7,9-12,14,19,23-25H,2,6,8,13H2,1H3,(H2,36,37,40)/t14-,19+,23+,24+,25-/m0/s1. The normalized spacial score (nSPS) is 27.7. The van der Waals surface area contributed by atoms with Gasteiger partial charge in [0.05, 0.1) is 28.8 Å². The van der Waals surface area contributed by atoms with Crippen LogP contribution in [0.4, 0.5) is 37.7 Å². The molecule has 4 aliphatic rings. The molecule has 1 unspecified atom stereocenters. The molecule has 40 heavy (non-hydrogen) atoms. The van der Waals surface area contributed by atoms with Crippen LogP contribution in [-0.4, -0.2) is 40.2 Å². The van der Waals surface area contributed by atoms with Gasteiger partial charge in [-0.15, -0.1) is 0 Å². The average Bonchev–Trinajstić information content (AvgIpc) is 2.87. The number of hydrogen-bond donors (Lipinski definition) is 2. The molecule has 1 aromatic heterocycles. The second kappa shape index (κ2) is 9.85. The number of fused-ring (bicyclic) bond motifs is 3. The van der Waals surface area contributed by atoms with E-state index in [2.05, 4.69) is 27.4 Å². The maximum Gasteiger partial charge on any atom is 0.416 e. The first kappa shape index (κ1) is 27.2. The van der Waals surface area contributed by atoms with Gasteiger partial charge in [0.15, 0.2) is 5.11 Å². The monoisotopic (exact) mass is 580 g/mol. The lowest BCUT2D eigenvalue weighted by Gasteiger charge is -2.62. The van der Waals surface area contributed by atoms with E-state index in [-0.39, 0.29) is 23.4 Å². The van der Waals surface area contributed by atoms with Gasteiger partial charge in [-0.3, -0.25) is 9.88 Å². The number of nitrogens with one attached hydrogen (secondary N) is 2. The first-order valence-electron chi connectivity index (χ1n) is 13.1. The molecular formula is C28H26F6N4OS. The van der Waals surface area contributed by atoms with Gasteiger partial charge in [-0.2, -0.15) is 26.3 Å². The Balaban J connectivity index is 1.23. The summed E-state index contributed by atoms with van der Waals surface area (Å²) in [6, 6.07) is 8.79. The van der Waals surface area contributed by atoms with Crippen molar-refractivity contribution in [1.82, 2.24) is 9.88 Å². The Kier molecular flexibility index (Phi) is 6.70. The van der Waals surface area contributed by atoms with E-state index in [0.29, 0.717) is 35.7 Å². The number of thiocarbonyl (C=S) groups is 1. The van der Waals surface area contributed by atoms with Crippen molar-refractivity contribution in [3.8, 4) is 0 Å². The summed E-state index contributed by atoms with van der Waals surface area (Å²) < 4.78 is 85.9. The highest BCUT2D eigenvalue weighted by Crippen LogP contribution is 2.53. The van der Waals surface area contributed by atoms with E-state index in [0.717, 1.165) is 42.4 Å². The fourth-order valence-corrected chi connectivity index (χ4v) is 6.69. The van der Waals surface area contributed by atoms with E-state index in [1.165, 1.54) is 0 Å². The molecule has 0 aliphatic carbocycles. The smallest absolute Gasteiger partial charge is 0.366 e. The summed E-state index contributed by atoms with van der Waals surface area (Å²) in [5, 5.41) is 6.02. The lowest BCUT2D eigenvalue weighted by molar-refractivity contribution is -0.272. The summed E-state index contributed by atoms with van der Waals surface area (Å²) in [5.74, 6) is 1.22. The van der Waals surface area contributed by atoms with Crippen molar-refractivity contribution in [3.63, 3.8) is 0 Å². The van der Waals surface area contributed by atoms with E-state index in [1.54, 1.807) is 18.3 Å². The summed E-state index contributed by atoms with van der Waals surface area (Å²) in [4.78, 5) is 6.99. The highest BCUT2D eigenvalue weighted by molar-refractivity contribution is 7.80. The summed E-state index contributed by atoms with van der Waals surface area (Å²) in [6.07, 6.45) is -5.78. The Morgan fingerprint density at radius 2 is 1.70 bits per heavy atom. The molecule has 2 N–H and O–H groups in total. The molecule has 2 aromatic carbocycles. The Bertz CT molecular complexity index is 1430. The van der Waals surface area contributed by atoms with Crippen molar-refractivity contribution in [1.29, 1.82) is 0 Å². The topological polar surface area (TPSA) is 49.4 Å². The first-order chi connectivity index (χ1) is 18.9. The number of halogens is 6. The van der Waals surface area contributed by atoms with Gasteiger partial charge in [0, 0.05) is 29.5 Å². The minimum atomic E-state index is -4.96. The third-order valence-corrected chi connectivity index (χ3v) is 8.53. The Labute approximate surface area is 231 Å². The molecule has 0 amide bonds. The van der Waals surface area contributed by atoms with Gasteiger partial charge >= 0.3 is 12.4 Å². The van der Waals surface area contributed by atoms with Crippen LogP contribution < -0.4 is 10.6 Å². The van der Waals surface area contributed by atoms with Crippen molar-refractivity contribution in [2.24, 2.45) is 11.8 Å².